The number of hydrogen-bond acceptors (Lipinski definition) is 2. The van der Waals surface area contributed by atoms with E-state index >= 15 is 0 Å². The molecule has 2 aromatic carbocycles. The minimum Gasteiger partial charge on any atom is -0.488 e. The van der Waals surface area contributed by atoms with Crippen molar-refractivity contribution in [2.45, 2.75) is 20.1 Å². The van der Waals surface area contributed by atoms with Crippen molar-refractivity contribution in [1.82, 2.24) is 0 Å². The van der Waals surface area contributed by atoms with Crippen LogP contribution in [0.15, 0.2) is 34.8 Å². The number of aryl methyl sites for hydroxylation is 1. The van der Waals surface area contributed by atoms with E-state index in [2.05, 4.69) is 15.9 Å². The molecule has 0 unspecified atom stereocenters. The molecule has 0 radical (unpaired) electrons. The van der Waals surface area contributed by atoms with Gasteiger partial charge in [0.25, 0.3) is 0 Å². The van der Waals surface area contributed by atoms with E-state index in [1.807, 2.05) is 19.1 Å². The molecule has 2 rings (SSSR count). The summed E-state index contributed by atoms with van der Waals surface area (Å²) in [6.45, 7) is 1.97. The van der Waals surface area contributed by atoms with Gasteiger partial charge in [-0.1, -0.05) is 22.0 Å². The maximum Gasteiger partial charge on any atom is 0.132 e. The Balaban J connectivity index is 2.27. The summed E-state index contributed by atoms with van der Waals surface area (Å²) in [6, 6.07) is 7.44. The maximum absolute atomic E-state index is 13.5. The van der Waals surface area contributed by atoms with Gasteiger partial charge in [0.15, 0.2) is 0 Å². The lowest BCUT2D eigenvalue weighted by molar-refractivity contribution is 0.287. The Kier molecular flexibility index (Phi) is 4.73. The van der Waals surface area contributed by atoms with E-state index in [1.54, 1.807) is 0 Å². The van der Waals surface area contributed by atoms with Crippen LogP contribution in [0.3, 0.4) is 0 Å². The van der Waals surface area contributed by atoms with Crippen LogP contribution in [0.1, 0.15) is 16.7 Å². The van der Waals surface area contributed by atoms with E-state index in [4.69, 9.17) is 10.5 Å². The van der Waals surface area contributed by atoms with Crippen LogP contribution in [0.25, 0.3) is 0 Å². The highest BCUT2D eigenvalue weighted by Gasteiger charge is 2.12. The number of rotatable bonds is 4. The average Bonchev–Trinajstić information content (AvgIpc) is 2.39. The molecule has 0 fully saturated rings. The maximum atomic E-state index is 13.5. The molecule has 0 aliphatic rings. The molecule has 20 heavy (non-hydrogen) atoms. The summed E-state index contributed by atoms with van der Waals surface area (Å²) in [7, 11) is 0. The van der Waals surface area contributed by atoms with E-state index in [9.17, 15) is 8.78 Å². The zero-order chi connectivity index (χ0) is 14.7. The highest BCUT2D eigenvalue weighted by molar-refractivity contribution is 9.10. The van der Waals surface area contributed by atoms with Crippen molar-refractivity contribution in [2.75, 3.05) is 0 Å². The molecule has 0 aliphatic carbocycles. The quantitative estimate of drug-likeness (QED) is 0.909. The highest BCUT2D eigenvalue weighted by Crippen LogP contribution is 2.29. The van der Waals surface area contributed by atoms with Gasteiger partial charge in [0.2, 0.25) is 0 Å². The van der Waals surface area contributed by atoms with E-state index in [1.165, 1.54) is 18.2 Å². The van der Waals surface area contributed by atoms with Crippen LogP contribution in [-0.2, 0) is 13.2 Å². The fraction of sp³-hybridized carbons (Fsp3) is 0.200. The molecule has 2 nitrogen and oxygen atoms in total. The van der Waals surface area contributed by atoms with Gasteiger partial charge in [0.05, 0.1) is 5.56 Å². The fourth-order valence-electron chi connectivity index (χ4n) is 1.97. The summed E-state index contributed by atoms with van der Waals surface area (Å²) < 4.78 is 33.6. The number of halogens is 3. The molecule has 106 valence electrons. The highest BCUT2D eigenvalue weighted by atomic mass is 79.9. The predicted octanol–water partition coefficient (Wildman–Crippen LogP) is 4.07. The summed E-state index contributed by atoms with van der Waals surface area (Å²) in [6.07, 6.45) is 0. The second-order valence-corrected chi connectivity index (χ2v) is 5.32. The first kappa shape index (κ1) is 14.9. The Morgan fingerprint density at radius 2 is 1.85 bits per heavy atom. The standard InChI is InChI=1S/C15H14BrF2NO/c1-9-5-11(16)6-10(7-19)15(9)20-8-12-13(17)3-2-4-14(12)18/h2-6H,7-8,19H2,1H3. The van der Waals surface area contributed by atoms with Gasteiger partial charge < -0.3 is 10.5 Å². The smallest absolute Gasteiger partial charge is 0.132 e. The van der Waals surface area contributed by atoms with Gasteiger partial charge in [-0.15, -0.1) is 0 Å². The Hall–Kier alpha value is -1.46. The third-order valence-corrected chi connectivity index (χ3v) is 3.42. The molecule has 2 N–H and O–H groups in total. The van der Waals surface area contributed by atoms with Crippen LogP contribution in [0.5, 0.6) is 5.75 Å². The molecule has 0 aromatic heterocycles. The van der Waals surface area contributed by atoms with E-state index < -0.39 is 11.6 Å². The summed E-state index contributed by atoms with van der Waals surface area (Å²) in [4.78, 5) is 0. The molecular formula is C15H14BrF2NO. The molecule has 0 amide bonds. The van der Waals surface area contributed by atoms with Crippen molar-refractivity contribution in [2.24, 2.45) is 5.73 Å². The van der Waals surface area contributed by atoms with Crippen LogP contribution in [-0.4, -0.2) is 0 Å². The average molecular weight is 342 g/mol. The Morgan fingerprint density at radius 3 is 2.45 bits per heavy atom. The first-order valence-corrected chi connectivity index (χ1v) is 6.87. The van der Waals surface area contributed by atoms with Gasteiger partial charge in [0.1, 0.15) is 24.0 Å². The molecular weight excluding hydrogens is 328 g/mol. The van der Waals surface area contributed by atoms with Gasteiger partial charge in [-0.2, -0.15) is 0 Å². The third-order valence-electron chi connectivity index (χ3n) is 2.96. The van der Waals surface area contributed by atoms with E-state index in [0.29, 0.717) is 5.75 Å². The predicted molar refractivity (Wildman–Crippen MR) is 77.5 cm³/mol. The Bertz CT molecular complexity index is 611. The topological polar surface area (TPSA) is 35.2 Å². The van der Waals surface area contributed by atoms with Crippen molar-refractivity contribution in [1.29, 1.82) is 0 Å². The van der Waals surface area contributed by atoms with E-state index in [-0.39, 0.29) is 18.7 Å². The molecule has 0 spiro atoms. The molecule has 0 aliphatic heterocycles. The lowest BCUT2D eigenvalue weighted by atomic mass is 10.1. The van der Waals surface area contributed by atoms with Crippen LogP contribution in [0.4, 0.5) is 8.78 Å². The zero-order valence-electron chi connectivity index (χ0n) is 10.9. The fourth-order valence-corrected chi connectivity index (χ4v) is 2.59. The summed E-state index contributed by atoms with van der Waals surface area (Å²) in [5, 5.41) is 0. The molecule has 0 bridgehead atoms. The van der Waals surface area contributed by atoms with Crippen molar-refractivity contribution in [3.05, 3.63) is 63.1 Å². The minimum atomic E-state index is -0.617. The van der Waals surface area contributed by atoms with Crippen LogP contribution in [0.2, 0.25) is 0 Å². The molecule has 0 saturated heterocycles. The molecule has 5 heteroatoms. The third kappa shape index (κ3) is 3.16. The second kappa shape index (κ2) is 6.33. The van der Waals surface area contributed by atoms with Gasteiger partial charge >= 0.3 is 0 Å². The molecule has 0 heterocycles. The number of benzene rings is 2. The van der Waals surface area contributed by atoms with Crippen molar-refractivity contribution in [3.8, 4) is 5.75 Å². The van der Waals surface area contributed by atoms with Crippen LogP contribution in [0, 0.1) is 18.6 Å². The van der Waals surface area contributed by atoms with Crippen molar-refractivity contribution in [3.63, 3.8) is 0 Å². The SMILES string of the molecule is Cc1cc(Br)cc(CN)c1OCc1c(F)cccc1F. The Labute approximate surface area is 124 Å². The normalized spacial score (nSPS) is 10.7. The van der Waals surface area contributed by atoms with Crippen LogP contribution >= 0.6 is 15.9 Å². The summed E-state index contributed by atoms with van der Waals surface area (Å²) in [5.74, 6) is -0.665. The second-order valence-electron chi connectivity index (χ2n) is 4.40. The number of hydrogen-bond donors (Lipinski definition) is 1. The molecule has 0 atom stereocenters. The summed E-state index contributed by atoms with van der Waals surface area (Å²) in [5.41, 5.74) is 7.23. The lowest BCUT2D eigenvalue weighted by Gasteiger charge is -2.14. The summed E-state index contributed by atoms with van der Waals surface area (Å²) >= 11 is 3.38. The van der Waals surface area contributed by atoms with Crippen LogP contribution < -0.4 is 10.5 Å². The first-order valence-electron chi connectivity index (χ1n) is 6.07. The van der Waals surface area contributed by atoms with Crippen molar-refractivity contribution >= 4 is 15.9 Å². The molecule has 2 aromatic rings. The van der Waals surface area contributed by atoms with Gasteiger partial charge in [-0.25, -0.2) is 8.78 Å². The van der Waals surface area contributed by atoms with Gasteiger partial charge in [-0.05, 0) is 36.8 Å². The van der Waals surface area contributed by atoms with E-state index in [0.717, 1.165) is 15.6 Å². The minimum absolute atomic E-state index is 0.0854. The monoisotopic (exact) mass is 341 g/mol. The first-order chi connectivity index (χ1) is 9.52. The lowest BCUT2D eigenvalue weighted by Crippen LogP contribution is -2.07. The zero-order valence-corrected chi connectivity index (χ0v) is 12.5. The number of nitrogens with two attached hydrogens (primary N) is 1. The molecule has 0 saturated carbocycles. The van der Waals surface area contributed by atoms with Crippen molar-refractivity contribution < 1.29 is 13.5 Å². The van der Waals surface area contributed by atoms with Gasteiger partial charge in [-0.3, -0.25) is 0 Å². The Morgan fingerprint density at radius 1 is 1.20 bits per heavy atom. The largest absolute Gasteiger partial charge is 0.488 e. The van der Waals surface area contributed by atoms with Gasteiger partial charge in [0, 0.05) is 16.6 Å². The number of ether oxygens (including phenoxy) is 1.